The molecule has 0 aliphatic carbocycles. The molecule has 0 radical (unpaired) electrons. The molecule has 6 nitrogen and oxygen atoms in total. The fourth-order valence-corrected chi connectivity index (χ4v) is 3.51. The molecule has 0 unspecified atom stereocenters. The lowest BCUT2D eigenvalue weighted by molar-refractivity contribution is 0.0951. The predicted molar refractivity (Wildman–Crippen MR) is 131 cm³/mol. The number of hydrogen-bond donors (Lipinski definition) is 3. The Kier molecular flexibility index (Phi) is 6.38. The number of carbonyl (C=O) groups is 2. The second-order valence-electron chi connectivity index (χ2n) is 7.40. The van der Waals surface area contributed by atoms with Crippen LogP contribution < -0.4 is 10.7 Å². The molecular formula is C26H20ClN3O3. The number of phenols is 1. The number of aromatic hydroxyl groups is 1. The van der Waals surface area contributed by atoms with E-state index in [1.165, 1.54) is 0 Å². The number of rotatable bonds is 5. The Morgan fingerprint density at radius 2 is 1.52 bits per heavy atom. The van der Waals surface area contributed by atoms with Crippen molar-refractivity contribution in [1.29, 1.82) is 0 Å². The third-order valence-electron chi connectivity index (χ3n) is 5.06. The number of fused-ring (bicyclic) bond motifs is 1. The van der Waals surface area contributed by atoms with Crippen LogP contribution in [0, 0.1) is 0 Å². The van der Waals surface area contributed by atoms with Crippen molar-refractivity contribution in [3.8, 4) is 5.75 Å². The summed E-state index contributed by atoms with van der Waals surface area (Å²) in [4.78, 5) is 25.1. The van der Waals surface area contributed by atoms with Crippen molar-refractivity contribution < 1.29 is 14.7 Å². The number of benzene rings is 4. The molecule has 3 N–H and O–H groups in total. The molecule has 4 aromatic rings. The van der Waals surface area contributed by atoms with Crippen molar-refractivity contribution in [2.24, 2.45) is 5.10 Å². The van der Waals surface area contributed by atoms with Crippen LogP contribution in [0.5, 0.6) is 5.75 Å². The topological polar surface area (TPSA) is 90.8 Å². The maximum atomic E-state index is 12.6. The van der Waals surface area contributed by atoms with Gasteiger partial charge in [-0.3, -0.25) is 9.59 Å². The van der Waals surface area contributed by atoms with Gasteiger partial charge in [-0.2, -0.15) is 5.10 Å². The average Bonchev–Trinajstić information content (AvgIpc) is 2.82. The summed E-state index contributed by atoms with van der Waals surface area (Å²) in [5.41, 5.74) is 4.87. The first kappa shape index (κ1) is 22.0. The van der Waals surface area contributed by atoms with Crippen LogP contribution in [0.15, 0.2) is 90.0 Å². The summed E-state index contributed by atoms with van der Waals surface area (Å²) < 4.78 is 0. The fourth-order valence-electron chi connectivity index (χ4n) is 3.32. The van der Waals surface area contributed by atoms with Gasteiger partial charge in [0.15, 0.2) is 0 Å². The molecule has 0 atom stereocenters. The molecule has 4 aromatic carbocycles. The van der Waals surface area contributed by atoms with E-state index in [1.54, 1.807) is 61.5 Å². The van der Waals surface area contributed by atoms with Gasteiger partial charge in [-0.05, 0) is 65.7 Å². The maximum absolute atomic E-state index is 12.6. The van der Waals surface area contributed by atoms with Gasteiger partial charge in [0, 0.05) is 16.3 Å². The molecule has 7 heteroatoms. The Morgan fingerprint density at radius 3 is 2.27 bits per heavy atom. The van der Waals surface area contributed by atoms with Gasteiger partial charge in [-0.25, -0.2) is 5.43 Å². The highest BCUT2D eigenvalue weighted by atomic mass is 35.5. The summed E-state index contributed by atoms with van der Waals surface area (Å²) in [5.74, 6) is -0.933. The summed E-state index contributed by atoms with van der Waals surface area (Å²) in [6, 6.07) is 24.4. The molecule has 2 amide bonds. The molecule has 0 bridgehead atoms. The van der Waals surface area contributed by atoms with E-state index in [1.807, 2.05) is 30.3 Å². The van der Waals surface area contributed by atoms with Gasteiger partial charge in [0.2, 0.25) is 0 Å². The molecule has 4 rings (SSSR count). The zero-order valence-corrected chi connectivity index (χ0v) is 18.4. The molecule has 0 fully saturated rings. The Balaban J connectivity index is 1.48. The lowest BCUT2D eigenvalue weighted by atomic mass is 10.1. The number of anilines is 1. The van der Waals surface area contributed by atoms with Crippen LogP contribution in [0.1, 0.15) is 33.2 Å². The van der Waals surface area contributed by atoms with Crippen LogP contribution in [0.2, 0.25) is 5.02 Å². The number of nitrogens with zero attached hydrogens (tertiary/aromatic N) is 1. The first-order valence-electron chi connectivity index (χ1n) is 10.1. The van der Waals surface area contributed by atoms with Gasteiger partial charge in [0.05, 0.1) is 11.3 Å². The normalized spacial score (nSPS) is 11.3. The quantitative estimate of drug-likeness (QED) is 0.269. The van der Waals surface area contributed by atoms with Gasteiger partial charge in [0.1, 0.15) is 5.75 Å². The largest absolute Gasteiger partial charge is 0.507 e. The second-order valence-corrected chi connectivity index (χ2v) is 7.84. The van der Waals surface area contributed by atoms with Crippen LogP contribution in [0.3, 0.4) is 0 Å². The van der Waals surface area contributed by atoms with Gasteiger partial charge >= 0.3 is 0 Å². The zero-order valence-electron chi connectivity index (χ0n) is 17.7. The highest BCUT2D eigenvalue weighted by Gasteiger charge is 2.13. The number of halogens is 1. The lowest BCUT2D eigenvalue weighted by Crippen LogP contribution is -2.19. The Hall–Kier alpha value is -4.16. The number of hydrogen-bond acceptors (Lipinski definition) is 4. The van der Waals surface area contributed by atoms with Gasteiger partial charge in [0.25, 0.3) is 11.8 Å². The summed E-state index contributed by atoms with van der Waals surface area (Å²) in [5, 5.41) is 19.4. The van der Waals surface area contributed by atoms with Crippen molar-refractivity contribution in [2.45, 2.75) is 6.92 Å². The summed E-state index contributed by atoms with van der Waals surface area (Å²) in [7, 11) is 0. The number of carbonyl (C=O) groups excluding carboxylic acids is 2. The van der Waals surface area contributed by atoms with Gasteiger partial charge < -0.3 is 10.4 Å². The highest BCUT2D eigenvalue weighted by Crippen LogP contribution is 2.25. The molecule has 0 aliphatic heterocycles. The van der Waals surface area contributed by atoms with Crippen LogP contribution in [-0.4, -0.2) is 22.6 Å². The van der Waals surface area contributed by atoms with E-state index in [2.05, 4.69) is 15.8 Å². The summed E-state index contributed by atoms with van der Waals surface area (Å²) >= 11 is 5.96. The average molecular weight is 458 g/mol. The van der Waals surface area contributed by atoms with E-state index in [9.17, 15) is 14.7 Å². The Morgan fingerprint density at radius 1 is 0.818 bits per heavy atom. The zero-order chi connectivity index (χ0) is 23.4. The highest BCUT2D eigenvalue weighted by molar-refractivity contribution is 6.31. The third kappa shape index (κ3) is 5.19. The third-order valence-corrected chi connectivity index (χ3v) is 5.29. The van der Waals surface area contributed by atoms with Gasteiger partial charge in [-0.1, -0.05) is 54.1 Å². The molecule has 0 aromatic heterocycles. The predicted octanol–water partition coefficient (Wildman–Crippen LogP) is 5.61. The van der Waals surface area contributed by atoms with E-state index in [4.69, 9.17) is 11.6 Å². The van der Waals surface area contributed by atoms with Gasteiger partial charge in [-0.15, -0.1) is 0 Å². The number of hydrazone groups is 1. The summed E-state index contributed by atoms with van der Waals surface area (Å²) in [6.07, 6.45) is 0. The number of phenolic OH excluding ortho intramolecular Hbond substituents is 1. The lowest BCUT2D eigenvalue weighted by Gasteiger charge is -2.09. The van der Waals surface area contributed by atoms with Crippen molar-refractivity contribution in [2.75, 3.05) is 5.32 Å². The minimum atomic E-state index is -0.525. The molecule has 0 saturated carbocycles. The smallest absolute Gasteiger partial charge is 0.275 e. The molecule has 0 spiro atoms. The van der Waals surface area contributed by atoms with Crippen LogP contribution in [-0.2, 0) is 0 Å². The van der Waals surface area contributed by atoms with E-state index < -0.39 is 5.91 Å². The first-order chi connectivity index (χ1) is 15.9. The first-order valence-corrected chi connectivity index (χ1v) is 10.5. The van der Waals surface area contributed by atoms with Crippen LogP contribution in [0.4, 0.5) is 5.69 Å². The van der Waals surface area contributed by atoms with Crippen molar-refractivity contribution in [3.63, 3.8) is 0 Å². The molecule has 0 aliphatic rings. The molecule has 0 heterocycles. The second kappa shape index (κ2) is 9.54. The SMILES string of the molecule is C/C(=N/NC(=O)c1cc2ccccc2cc1O)c1cccc(NC(=O)c2cccc(Cl)c2)c1. The maximum Gasteiger partial charge on any atom is 0.275 e. The Bertz CT molecular complexity index is 1400. The van der Waals surface area contributed by atoms with E-state index >= 15 is 0 Å². The van der Waals surface area contributed by atoms with Crippen molar-refractivity contribution >= 4 is 45.6 Å². The monoisotopic (exact) mass is 457 g/mol. The number of nitrogens with one attached hydrogen (secondary N) is 2. The minimum Gasteiger partial charge on any atom is -0.507 e. The van der Waals surface area contributed by atoms with E-state index in [-0.39, 0.29) is 17.2 Å². The molecule has 33 heavy (non-hydrogen) atoms. The Labute approximate surface area is 195 Å². The minimum absolute atomic E-state index is 0.121. The fraction of sp³-hybridized carbons (Fsp3) is 0.0385. The summed E-state index contributed by atoms with van der Waals surface area (Å²) in [6.45, 7) is 1.73. The standard InChI is InChI=1S/C26H20ClN3O3/c1-16(29-30-26(33)23-14-18-6-2-3-7-19(18)15-24(23)31)17-8-5-11-22(13-17)28-25(32)20-9-4-10-21(27)12-20/h2-15,31H,1H3,(H,28,32)(H,30,33)/b29-16-. The molecule has 0 saturated heterocycles. The molecule has 164 valence electrons. The van der Waals surface area contributed by atoms with Crippen molar-refractivity contribution in [3.05, 3.63) is 107 Å². The van der Waals surface area contributed by atoms with Crippen LogP contribution >= 0.6 is 11.6 Å². The van der Waals surface area contributed by atoms with E-state index in [0.29, 0.717) is 27.5 Å². The van der Waals surface area contributed by atoms with E-state index in [0.717, 1.165) is 10.8 Å². The molecular weight excluding hydrogens is 438 g/mol. The van der Waals surface area contributed by atoms with Crippen molar-refractivity contribution in [1.82, 2.24) is 5.43 Å². The number of amides is 2. The van der Waals surface area contributed by atoms with Crippen LogP contribution in [0.25, 0.3) is 10.8 Å².